The van der Waals surface area contributed by atoms with Gasteiger partial charge in [-0.25, -0.2) is 4.79 Å². The lowest BCUT2D eigenvalue weighted by Gasteiger charge is -2.41. The van der Waals surface area contributed by atoms with E-state index in [2.05, 4.69) is 29.7 Å². The number of nitrogens with one attached hydrogen (secondary N) is 2. The number of hydrogen-bond acceptors (Lipinski definition) is 6. The van der Waals surface area contributed by atoms with Crippen molar-refractivity contribution in [1.82, 2.24) is 10.6 Å². The van der Waals surface area contributed by atoms with Crippen LogP contribution in [0.4, 0.5) is 10.5 Å². The molecular formula is C29H33N3O6. The minimum atomic E-state index is -0.596. The van der Waals surface area contributed by atoms with E-state index in [1.165, 1.54) is 24.3 Å². The third-order valence-electron chi connectivity index (χ3n) is 7.35. The maximum atomic E-state index is 13.2. The van der Waals surface area contributed by atoms with Crippen molar-refractivity contribution in [2.45, 2.75) is 50.5 Å². The first-order chi connectivity index (χ1) is 18.3. The van der Waals surface area contributed by atoms with Crippen LogP contribution in [0.5, 0.6) is 5.75 Å². The van der Waals surface area contributed by atoms with E-state index in [4.69, 9.17) is 9.47 Å². The van der Waals surface area contributed by atoms with Crippen LogP contribution in [0.2, 0.25) is 0 Å². The maximum absolute atomic E-state index is 13.2. The van der Waals surface area contributed by atoms with Crippen LogP contribution in [-0.2, 0) is 14.9 Å². The number of hydrogen-bond donors (Lipinski definition) is 2. The van der Waals surface area contributed by atoms with E-state index in [0.29, 0.717) is 30.7 Å². The molecule has 4 rings (SSSR count). The largest absolute Gasteiger partial charge is 0.496 e. The van der Waals surface area contributed by atoms with Crippen LogP contribution in [0, 0.1) is 16.0 Å². The number of rotatable bonds is 8. The minimum Gasteiger partial charge on any atom is -0.496 e. The standard InChI is InChI=1S/C29H33N3O6/c1-20-8-13-26(37-2)25(18-20)27(33)30-19-29(21-6-4-3-5-7-21)16-14-22(15-17-29)31-28(34)38-24-11-9-23(10-12-24)32(35)36/h3-7,9-13,18,20,22H,8,14-17,19H2,1-2H3,(H,30,33)(H,31,34). The zero-order valence-electron chi connectivity index (χ0n) is 21.6. The highest BCUT2D eigenvalue weighted by molar-refractivity contribution is 5.97. The molecule has 2 aromatic rings. The highest BCUT2D eigenvalue weighted by atomic mass is 16.6. The van der Waals surface area contributed by atoms with Crippen molar-refractivity contribution in [1.29, 1.82) is 0 Å². The van der Waals surface area contributed by atoms with Crippen LogP contribution in [0.25, 0.3) is 0 Å². The Morgan fingerprint density at radius 2 is 1.76 bits per heavy atom. The van der Waals surface area contributed by atoms with E-state index >= 15 is 0 Å². The number of allylic oxidation sites excluding steroid dienone is 2. The Labute approximate surface area is 222 Å². The summed E-state index contributed by atoms with van der Waals surface area (Å²) >= 11 is 0. The van der Waals surface area contributed by atoms with Gasteiger partial charge in [-0.05, 0) is 61.8 Å². The van der Waals surface area contributed by atoms with Crippen LogP contribution >= 0.6 is 0 Å². The summed E-state index contributed by atoms with van der Waals surface area (Å²) in [6, 6.07) is 15.4. The molecule has 0 heterocycles. The molecular weight excluding hydrogens is 486 g/mol. The number of ether oxygens (including phenoxy) is 2. The second-order valence-electron chi connectivity index (χ2n) is 9.95. The van der Waals surface area contributed by atoms with Crippen molar-refractivity contribution >= 4 is 17.7 Å². The molecule has 200 valence electrons. The summed E-state index contributed by atoms with van der Waals surface area (Å²) in [4.78, 5) is 35.9. The summed E-state index contributed by atoms with van der Waals surface area (Å²) in [6.45, 7) is 2.54. The quantitative estimate of drug-likeness (QED) is 0.366. The Balaban J connectivity index is 1.38. The second kappa shape index (κ2) is 11.9. The number of nitro groups is 1. The molecule has 1 unspecified atom stereocenters. The molecule has 0 saturated heterocycles. The van der Waals surface area contributed by atoms with E-state index in [9.17, 15) is 19.7 Å². The van der Waals surface area contributed by atoms with Crippen molar-refractivity contribution in [2.24, 2.45) is 5.92 Å². The molecule has 2 aliphatic rings. The zero-order chi connectivity index (χ0) is 27.1. The predicted molar refractivity (Wildman–Crippen MR) is 143 cm³/mol. The van der Waals surface area contributed by atoms with Gasteiger partial charge in [0, 0.05) is 30.1 Å². The monoisotopic (exact) mass is 519 g/mol. The average Bonchev–Trinajstić information content (AvgIpc) is 2.93. The molecule has 2 aromatic carbocycles. The molecule has 0 radical (unpaired) electrons. The molecule has 0 aromatic heterocycles. The third-order valence-corrected chi connectivity index (χ3v) is 7.35. The summed E-state index contributed by atoms with van der Waals surface area (Å²) in [7, 11) is 1.58. The van der Waals surface area contributed by atoms with Crippen LogP contribution in [0.15, 0.2) is 78.1 Å². The van der Waals surface area contributed by atoms with E-state index in [1.807, 2.05) is 30.4 Å². The van der Waals surface area contributed by atoms with Crippen molar-refractivity contribution < 1.29 is 24.0 Å². The molecule has 0 bridgehead atoms. The first-order valence-corrected chi connectivity index (χ1v) is 12.8. The summed E-state index contributed by atoms with van der Waals surface area (Å²) in [6.07, 6.45) is 7.12. The number of nitrogens with zero attached hydrogens (tertiary/aromatic N) is 1. The Kier molecular flexibility index (Phi) is 8.45. The Morgan fingerprint density at radius 3 is 2.39 bits per heavy atom. The fourth-order valence-electron chi connectivity index (χ4n) is 5.18. The van der Waals surface area contributed by atoms with E-state index in [0.717, 1.165) is 24.8 Å². The third kappa shape index (κ3) is 6.40. The van der Waals surface area contributed by atoms with Gasteiger partial charge in [-0.15, -0.1) is 0 Å². The van der Waals surface area contributed by atoms with Crippen molar-refractivity contribution in [3.63, 3.8) is 0 Å². The Morgan fingerprint density at radius 1 is 1.08 bits per heavy atom. The lowest BCUT2D eigenvalue weighted by atomic mass is 9.68. The fraction of sp³-hybridized carbons (Fsp3) is 0.379. The molecule has 2 N–H and O–H groups in total. The highest BCUT2D eigenvalue weighted by Crippen LogP contribution is 2.39. The Hall–Kier alpha value is -4.14. The molecule has 38 heavy (non-hydrogen) atoms. The normalized spacial score (nSPS) is 22.9. The van der Waals surface area contributed by atoms with Crippen LogP contribution < -0.4 is 15.4 Å². The minimum absolute atomic E-state index is 0.0712. The summed E-state index contributed by atoms with van der Waals surface area (Å²) < 4.78 is 10.7. The average molecular weight is 520 g/mol. The Bertz CT molecular complexity index is 1210. The molecule has 0 aliphatic heterocycles. The van der Waals surface area contributed by atoms with Gasteiger partial charge in [0.15, 0.2) is 0 Å². The molecule has 0 spiro atoms. The number of benzene rings is 2. The molecule has 9 nitrogen and oxygen atoms in total. The summed E-state index contributed by atoms with van der Waals surface area (Å²) in [5, 5.41) is 16.9. The van der Waals surface area contributed by atoms with Gasteiger partial charge in [0.2, 0.25) is 0 Å². The first-order valence-electron chi connectivity index (χ1n) is 12.8. The smallest absolute Gasteiger partial charge is 0.412 e. The fourth-order valence-corrected chi connectivity index (χ4v) is 5.18. The van der Waals surface area contributed by atoms with Crippen molar-refractivity contribution in [3.05, 3.63) is 93.8 Å². The second-order valence-corrected chi connectivity index (χ2v) is 9.95. The van der Waals surface area contributed by atoms with Crippen molar-refractivity contribution in [3.8, 4) is 5.75 Å². The van der Waals surface area contributed by atoms with Gasteiger partial charge in [-0.3, -0.25) is 14.9 Å². The lowest BCUT2D eigenvalue weighted by Crippen LogP contribution is -2.48. The maximum Gasteiger partial charge on any atom is 0.412 e. The highest BCUT2D eigenvalue weighted by Gasteiger charge is 2.38. The molecule has 1 atom stereocenters. The number of non-ortho nitro benzene ring substituents is 1. The summed E-state index contributed by atoms with van der Waals surface area (Å²) in [5.74, 6) is 0.965. The predicted octanol–water partition coefficient (Wildman–Crippen LogP) is 5.18. The SMILES string of the molecule is COC1=CCC(C)C=C1C(=O)NCC1(c2ccccc2)CCC(NC(=O)Oc2ccc([N+](=O)[O-])cc2)CC1. The molecule has 2 amide bonds. The van der Waals surface area contributed by atoms with Crippen LogP contribution in [0.1, 0.15) is 44.6 Å². The van der Waals surface area contributed by atoms with Gasteiger partial charge in [0.25, 0.3) is 11.6 Å². The number of carbonyl (C=O) groups excluding carboxylic acids is 2. The molecule has 1 saturated carbocycles. The van der Waals surface area contributed by atoms with E-state index < -0.39 is 11.0 Å². The van der Waals surface area contributed by atoms with E-state index in [-0.39, 0.29) is 34.7 Å². The number of nitro benzene ring substituents is 1. The lowest BCUT2D eigenvalue weighted by molar-refractivity contribution is -0.384. The first kappa shape index (κ1) is 26.9. The van der Waals surface area contributed by atoms with Gasteiger partial charge in [-0.1, -0.05) is 43.3 Å². The van der Waals surface area contributed by atoms with Gasteiger partial charge < -0.3 is 20.1 Å². The number of methoxy groups -OCH3 is 1. The topological polar surface area (TPSA) is 120 Å². The molecule has 9 heteroatoms. The summed E-state index contributed by atoms with van der Waals surface area (Å²) in [5.41, 5.74) is 1.38. The number of amides is 2. The van der Waals surface area contributed by atoms with Gasteiger partial charge >= 0.3 is 6.09 Å². The van der Waals surface area contributed by atoms with Gasteiger partial charge in [0.05, 0.1) is 17.6 Å². The number of carbonyl (C=O) groups is 2. The zero-order valence-corrected chi connectivity index (χ0v) is 21.6. The van der Waals surface area contributed by atoms with Crippen LogP contribution in [-0.4, -0.2) is 36.6 Å². The molecule has 2 aliphatic carbocycles. The molecule has 1 fully saturated rings. The van der Waals surface area contributed by atoms with Gasteiger partial charge in [0.1, 0.15) is 11.5 Å². The van der Waals surface area contributed by atoms with Gasteiger partial charge in [-0.2, -0.15) is 0 Å². The van der Waals surface area contributed by atoms with Crippen molar-refractivity contribution in [2.75, 3.05) is 13.7 Å². The van der Waals surface area contributed by atoms with Crippen LogP contribution in [0.3, 0.4) is 0 Å². The van der Waals surface area contributed by atoms with E-state index in [1.54, 1.807) is 7.11 Å².